The van der Waals surface area contributed by atoms with Crippen LogP contribution in [0, 0.1) is 0 Å². The lowest BCUT2D eigenvalue weighted by atomic mass is 10.1. The van der Waals surface area contributed by atoms with Crippen LogP contribution in [0.3, 0.4) is 0 Å². The van der Waals surface area contributed by atoms with Crippen molar-refractivity contribution in [1.29, 1.82) is 0 Å². The molecule has 88 valence electrons. The molecule has 0 fully saturated rings. The van der Waals surface area contributed by atoms with Gasteiger partial charge in [0.1, 0.15) is 11.8 Å². The predicted molar refractivity (Wildman–Crippen MR) is 67.5 cm³/mol. The minimum absolute atomic E-state index is 0.528. The molecule has 0 aromatic carbocycles. The van der Waals surface area contributed by atoms with Crippen molar-refractivity contribution in [2.45, 2.75) is 6.42 Å². The van der Waals surface area contributed by atoms with Gasteiger partial charge < -0.3 is 10.6 Å². The summed E-state index contributed by atoms with van der Waals surface area (Å²) in [7, 11) is 2.13. The Balaban J connectivity index is 2.10. The second-order valence-electron chi connectivity index (χ2n) is 4.40. The van der Waals surface area contributed by atoms with E-state index in [0.717, 1.165) is 30.7 Å². The fraction of sp³-hybridized carbons (Fsp3) is 0.333. The second-order valence-corrected chi connectivity index (χ2v) is 4.40. The van der Waals surface area contributed by atoms with Crippen LogP contribution in [-0.4, -0.2) is 39.6 Å². The molecule has 0 spiro atoms. The molecule has 0 atom stereocenters. The molecule has 0 saturated heterocycles. The van der Waals surface area contributed by atoms with Crippen molar-refractivity contribution >= 4 is 16.9 Å². The van der Waals surface area contributed by atoms with E-state index in [4.69, 9.17) is 5.73 Å². The van der Waals surface area contributed by atoms with Crippen LogP contribution in [0.4, 0.5) is 5.82 Å². The van der Waals surface area contributed by atoms with Crippen LogP contribution in [0.2, 0.25) is 0 Å². The molecule has 0 amide bonds. The summed E-state index contributed by atoms with van der Waals surface area (Å²) < 4.78 is 1.87. The van der Waals surface area contributed by atoms with Crippen LogP contribution >= 0.6 is 0 Å². The summed E-state index contributed by atoms with van der Waals surface area (Å²) in [5.41, 5.74) is 9.16. The number of rotatable bonds is 1. The van der Waals surface area contributed by atoms with Gasteiger partial charge in [0.15, 0.2) is 5.82 Å². The first kappa shape index (κ1) is 10.3. The number of fused-ring (bicyclic) bond motifs is 1. The molecule has 3 heterocycles. The van der Waals surface area contributed by atoms with E-state index >= 15 is 0 Å². The van der Waals surface area contributed by atoms with Gasteiger partial charge in [-0.05, 0) is 31.2 Å². The molecule has 2 aromatic heterocycles. The molecule has 0 aliphatic carbocycles. The van der Waals surface area contributed by atoms with Gasteiger partial charge in [-0.1, -0.05) is 6.08 Å². The Bertz CT molecular complexity index is 584. The highest BCUT2D eigenvalue weighted by Gasteiger charge is 2.14. The zero-order chi connectivity index (χ0) is 11.8. The maximum atomic E-state index is 5.82. The number of aromatic nitrogens is 3. The van der Waals surface area contributed by atoms with Crippen LogP contribution in [0.15, 0.2) is 24.5 Å². The van der Waals surface area contributed by atoms with Gasteiger partial charge in [0.25, 0.3) is 0 Å². The first-order valence-corrected chi connectivity index (χ1v) is 5.72. The molecule has 3 rings (SSSR count). The van der Waals surface area contributed by atoms with E-state index in [1.165, 1.54) is 11.9 Å². The van der Waals surface area contributed by atoms with Crippen molar-refractivity contribution < 1.29 is 0 Å². The Labute approximate surface area is 99.6 Å². The van der Waals surface area contributed by atoms with Crippen molar-refractivity contribution in [3.63, 3.8) is 0 Å². The molecule has 5 nitrogen and oxygen atoms in total. The number of nitrogen functional groups attached to an aromatic ring is 1. The fourth-order valence-corrected chi connectivity index (χ4v) is 2.20. The monoisotopic (exact) mass is 229 g/mol. The van der Waals surface area contributed by atoms with E-state index in [1.54, 1.807) is 0 Å². The summed E-state index contributed by atoms with van der Waals surface area (Å²) in [6, 6.07) is 4.04. The summed E-state index contributed by atoms with van der Waals surface area (Å²) in [5.74, 6) is 0.528. The first-order valence-electron chi connectivity index (χ1n) is 5.72. The number of anilines is 1. The number of nitrogens with two attached hydrogens (primary N) is 1. The zero-order valence-corrected chi connectivity index (χ0v) is 9.80. The lowest BCUT2D eigenvalue weighted by molar-refractivity contribution is 0.369. The summed E-state index contributed by atoms with van der Waals surface area (Å²) in [6.45, 7) is 2.07. The Hall–Kier alpha value is -1.88. The van der Waals surface area contributed by atoms with Crippen LogP contribution in [0.25, 0.3) is 11.1 Å². The van der Waals surface area contributed by atoms with E-state index in [9.17, 15) is 0 Å². The molecule has 17 heavy (non-hydrogen) atoms. The maximum Gasteiger partial charge on any atom is 0.151 e. The predicted octanol–water partition coefficient (Wildman–Crippen LogP) is 1.03. The molecule has 1 aliphatic heterocycles. The van der Waals surface area contributed by atoms with Crippen molar-refractivity contribution in [2.75, 3.05) is 25.9 Å². The zero-order valence-electron chi connectivity index (χ0n) is 9.80. The molecular formula is C12H15N5. The molecule has 0 bridgehead atoms. The summed E-state index contributed by atoms with van der Waals surface area (Å²) in [5, 5.41) is 4.27. The van der Waals surface area contributed by atoms with E-state index in [-0.39, 0.29) is 0 Å². The van der Waals surface area contributed by atoms with Crippen molar-refractivity contribution in [3.05, 3.63) is 30.2 Å². The van der Waals surface area contributed by atoms with E-state index in [1.807, 2.05) is 10.6 Å². The normalized spacial score (nSPS) is 17.4. The molecule has 0 saturated carbocycles. The molecule has 0 radical (unpaired) electrons. The average Bonchev–Trinajstić information content (AvgIpc) is 2.75. The van der Waals surface area contributed by atoms with Gasteiger partial charge in [0.05, 0.1) is 5.69 Å². The van der Waals surface area contributed by atoms with Gasteiger partial charge in [-0.2, -0.15) is 5.10 Å². The molecule has 2 aromatic rings. The number of likely N-dealkylation sites (N-methyl/N-ethyl adjacent to an activating group) is 1. The Morgan fingerprint density at radius 3 is 3.00 bits per heavy atom. The fourth-order valence-electron chi connectivity index (χ4n) is 2.20. The summed E-state index contributed by atoms with van der Waals surface area (Å²) in [4.78, 5) is 6.29. The van der Waals surface area contributed by atoms with Gasteiger partial charge in [0, 0.05) is 13.1 Å². The number of nitrogens with zero attached hydrogens (tertiary/aromatic N) is 4. The van der Waals surface area contributed by atoms with Gasteiger partial charge in [-0.3, -0.25) is 0 Å². The highest BCUT2D eigenvalue weighted by Crippen LogP contribution is 2.24. The van der Waals surface area contributed by atoms with Crippen LogP contribution in [0.1, 0.15) is 12.1 Å². The molecule has 5 heteroatoms. The third kappa shape index (κ3) is 1.68. The van der Waals surface area contributed by atoms with Crippen molar-refractivity contribution in [3.8, 4) is 0 Å². The Morgan fingerprint density at radius 2 is 2.24 bits per heavy atom. The van der Waals surface area contributed by atoms with Gasteiger partial charge in [-0.15, -0.1) is 0 Å². The average molecular weight is 229 g/mol. The molecule has 2 N–H and O–H groups in total. The number of hydrogen-bond acceptors (Lipinski definition) is 4. The minimum Gasteiger partial charge on any atom is -0.382 e. The third-order valence-corrected chi connectivity index (χ3v) is 3.22. The third-order valence-electron chi connectivity index (χ3n) is 3.22. The van der Waals surface area contributed by atoms with E-state index in [0.29, 0.717) is 5.82 Å². The lowest BCUT2D eigenvalue weighted by Gasteiger charge is -2.21. The smallest absolute Gasteiger partial charge is 0.151 e. The topological polar surface area (TPSA) is 59.5 Å². The van der Waals surface area contributed by atoms with Crippen molar-refractivity contribution in [2.24, 2.45) is 0 Å². The lowest BCUT2D eigenvalue weighted by Crippen LogP contribution is -2.24. The summed E-state index contributed by atoms with van der Waals surface area (Å²) in [6.07, 6.45) is 4.80. The van der Waals surface area contributed by atoms with E-state index < -0.39 is 0 Å². The van der Waals surface area contributed by atoms with Crippen molar-refractivity contribution in [1.82, 2.24) is 19.5 Å². The Kier molecular flexibility index (Phi) is 2.33. The van der Waals surface area contributed by atoms with Gasteiger partial charge >= 0.3 is 0 Å². The maximum absolute atomic E-state index is 5.82. The quantitative estimate of drug-likeness (QED) is 0.793. The minimum atomic E-state index is 0.528. The Morgan fingerprint density at radius 1 is 1.35 bits per heavy atom. The van der Waals surface area contributed by atoms with Gasteiger partial charge in [0.2, 0.25) is 0 Å². The standard InChI is InChI=1S/C12H15N5/c1-16-6-4-9(5-7-16)10-2-3-11-12(13)14-8-15-17(10)11/h2-4,8H,5-7H2,1H3,(H2,13,14,15). The van der Waals surface area contributed by atoms with Gasteiger partial charge in [-0.25, -0.2) is 9.50 Å². The highest BCUT2D eigenvalue weighted by atomic mass is 15.3. The van der Waals surface area contributed by atoms with E-state index in [2.05, 4.69) is 34.2 Å². The molecule has 1 aliphatic rings. The van der Waals surface area contributed by atoms with Crippen LogP contribution in [0.5, 0.6) is 0 Å². The molecule has 0 unspecified atom stereocenters. The SMILES string of the molecule is CN1CC=C(c2ccc3c(N)ncnn23)CC1. The largest absolute Gasteiger partial charge is 0.382 e. The van der Waals surface area contributed by atoms with Crippen LogP contribution in [-0.2, 0) is 0 Å². The highest BCUT2D eigenvalue weighted by molar-refractivity contribution is 5.73. The molecular weight excluding hydrogens is 214 g/mol. The summed E-state index contributed by atoms with van der Waals surface area (Å²) >= 11 is 0. The number of hydrogen-bond donors (Lipinski definition) is 1. The van der Waals surface area contributed by atoms with Crippen LogP contribution < -0.4 is 5.73 Å². The second kappa shape index (κ2) is 3.85. The first-order chi connectivity index (χ1) is 8.25.